The number of benzene rings is 2. The number of phenols is 1. The van der Waals surface area contributed by atoms with E-state index in [0.717, 1.165) is 5.56 Å². The van der Waals surface area contributed by atoms with Crippen molar-refractivity contribution in [1.82, 2.24) is 0 Å². The quantitative estimate of drug-likeness (QED) is 0.409. The highest BCUT2D eigenvalue weighted by Crippen LogP contribution is 2.33. The van der Waals surface area contributed by atoms with Gasteiger partial charge in [0.15, 0.2) is 11.2 Å². The van der Waals surface area contributed by atoms with Crippen LogP contribution in [0.25, 0.3) is 22.3 Å². The Hall–Kier alpha value is -2.65. The molecule has 1 heterocycles. The lowest BCUT2D eigenvalue weighted by Gasteiger charge is -2.34. The molecule has 1 atom stereocenters. The number of phenolic OH excluding ortho intramolecular Hbond substituents is 1. The highest BCUT2D eigenvalue weighted by atomic mass is 28.4. The van der Waals surface area contributed by atoms with Gasteiger partial charge in [0.2, 0.25) is 0 Å². The maximum atomic E-state index is 12.7. The van der Waals surface area contributed by atoms with E-state index in [0.29, 0.717) is 37.8 Å². The van der Waals surface area contributed by atoms with Gasteiger partial charge in [0.05, 0.1) is 0 Å². The summed E-state index contributed by atoms with van der Waals surface area (Å²) >= 11 is 0. The first-order valence-corrected chi connectivity index (χ1v) is 12.7. The zero-order valence-corrected chi connectivity index (χ0v) is 19.9. The second kappa shape index (κ2) is 10.8. The molecule has 0 bridgehead atoms. The van der Waals surface area contributed by atoms with Crippen molar-refractivity contribution in [3.05, 3.63) is 58.8 Å². The van der Waals surface area contributed by atoms with Crippen molar-refractivity contribution >= 4 is 19.8 Å². The van der Waals surface area contributed by atoms with Crippen LogP contribution in [0.4, 0.5) is 0 Å². The van der Waals surface area contributed by atoms with E-state index < -0.39 is 14.5 Å². The smallest absolute Gasteiger partial charge is 0.507 e. The number of aromatic hydroxyl groups is 1. The van der Waals surface area contributed by atoms with Gasteiger partial charge in [-0.05, 0) is 27.2 Å². The topological polar surface area (TPSA) is 87.4 Å². The first-order valence-electron chi connectivity index (χ1n) is 10.9. The minimum Gasteiger partial charge on any atom is -0.507 e. The molecule has 0 saturated heterocycles. The van der Waals surface area contributed by atoms with Crippen LogP contribution in [-0.4, -0.2) is 39.5 Å². The van der Waals surface area contributed by atoms with Crippen LogP contribution in [0.2, 0.25) is 0 Å². The second-order valence-electron chi connectivity index (χ2n) is 7.07. The van der Waals surface area contributed by atoms with Crippen molar-refractivity contribution in [2.24, 2.45) is 0 Å². The first kappa shape index (κ1) is 24.0. The van der Waals surface area contributed by atoms with Gasteiger partial charge in [0.1, 0.15) is 28.2 Å². The van der Waals surface area contributed by atoms with Crippen LogP contribution in [-0.2, 0) is 13.3 Å². The number of rotatable bonds is 11. The van der Waals surface area contributed by atoms with Gasteiger partial charge in [0.25, 0.3) is 0 Å². The van der Waals surface area contributed by atoms with Gasteiger partial charge in [-0.2, -0.15) is 0 Å². The largest absolute Gasteiger partial charge is 0.543 e. The summed E-state index contributed by atoms with van der Waals surface area (Å²) in [6.45, 7) is 8.87. The third-order valence-corrected chi connectivity index (χ3v) is 8.31. The minimum absolute atomic E-state index is 0.105. The molecule has 0 saturated carbocycles. The molecule has 0 aliphatic heterocycles. The van der Waals surface area contributed by atoms with Gasteiger partial charge in [-0.15, -0.1) is 0 Å². The molecular weight excluding hydrogens is 428 g/mol. The van der Waals surface area contributed by atoms with Crippen LogP contribution in [0.1, 0.15) is 34.1 Å². The Morgan fingerprint density at radius 3 is 2.12 bits per heavy atom. The Kier molecular flexibility index (Phi) is 8.08. The molecule has 0 aliphatic carbocycles. The zero-order chi connectivity index (χ0) is 23.1. The monoisotopic (exact) mass is 458 g/mol. The van der Waals surface area contributed by atoms with Crippen LogP contribution >= 0.6 is 0 Å². The van der Waals surface area contributed by atoms with E-state index >= 15 is 0 Å². The summed E-state index contributed by atoms with van der Waals surface area (Å²) in [5.41, 5.74) is 0.169. The molecule has 3 aromatic rings. The average molecular weight is 459 g/mol. The van der Waals surface area contributed by atoms with Crippen LogP contribution in [0.5, 0.6) is 11.5 Å². The summed E-state index contributed by atoms with van der Waals surface area (Å²) in [7, 11) is -3.16. The van der Waals surface area contributed by atoms with E-state index in [-0.39, 0.29) is 22.1 Å². The van der Waals surface area contributed by atoms with E-state index in [1.165, 1.54) is 12.1 Å². The molecule has 0 amide bonds. The number of hydrogen-bond donors (Lipinski definition) is 1. The zero-order valence-electron chi connectivity index (χ0n) is 18.9. The molecule has 0 aliphatic rings. The lowest BCUT2D eigenvalue weighted by atomic mass is 10.1. The standard InChI is InChI=1S/C24H30O7Si/c1-5-23(32(27-6-2,28-7-3)29-8-4)30-18-14-19(25)24-20(26)16-21(31-22(24)15-18)17-12-10-9-11-13-17/h9-16,23,25H,5-8H2,1-4H3. The van der Waals surface area contributed by atoms with E-state index in [4.69, 9.17) is 22.4 Å². The molecular formula is C24H30O7Si. The maximum absolute atomic E-state index is 12.7. The van der Waals surface area contributed by atoms with Crippen molar-refractivity contribution in [2.45, 2.75) is 39.8 Å². The summed E-state index contributed by atoms with van der Waals surface area (Å²) in [5, 5.41) is 10.7. The van der Waals surface area contributed by atoms with E-state index in [9.17, 15) is 9.90 Å². The van der Waals surface area contributed by atoms with Gasteiger partial charge < -0.3 is 27.5 Å². The fourth-order valence-electron chi connectivity index (χ4n) is 3.63. The third kappa shape index (κ3) is 5.04. The molecule has 1 N–H and O–H groups in total. The van der Waals surface area contributed by atoms with Crippen LogP contribution < -0.4 is 10.2 Å². The Morgan fingerprint density at radius 2 is 1.56 bits per heavy atom. The van der Waals surface area contributed by atoms with Gasteiger partial charge in [-0.25, -0.2) is 0 Å². The lowest BCUT2D eigenvalue weighted by Crippen LogP contribution is -2.58. The summed E-state index contributed by atoms with van der Waals surface area (Å²) in [5.74, 6) is 0.539. The Morgan fingerprint density at radius 1 is 0.938 bits per heavy atom. The van der Waals surface area contributed by atoms with Gasteiger partial charge in [-0.1, -0.05) is 37.3 Å². The summed E-state index contributed by atoms with van der Waals surface area (Å²) in [6.07, 6.45) is 0.568. The highest BCUT2D eigenvalue weighted by molar-refractivity contribution is 6.62. The fraction of sp³-hybridized carbons (Fsp3) is 0.375. The van der Waals surface area contributed by atoms with Gasteiger partial charge >= 0.3 is 8.80 Å². The Labute approximate surface area is 188 Å². The second-order valence-corrected chi connectivity index (χ2v) is 9.79. The molecule has 1 aromatic heterocycles. The van der Waals surface area contributed by atoms with Crippen molar-refractivity contribution in [2.75, 3.05) is 19.8 Å². The normalized spacial score (nSPS) is 12.8. The molecule has 3 rings (SSSR count). The molecule has 0 fully saturated rings. The minimum atomic E-state index is -3.16. The molecule has 172 valence electrons. The molecule has 32 heavy (non-hydrogen) atoms. The molecule has 1 unspecified atom stereocenters. The van der Waals surface area contributed by atoms with Crippen LogP contribution in [0.3, 0.4) is 0 Å². The molecule has 2 aromatic carbocycles. The number of hydrogen-bond acceptors (Lipinski definition) is 7. The predicted octanol–water partition coefficient (Wildman–Crippen LogP) is 4.91. The van der Waals surface area contributed by atoms with Crippen molar-refractivity contribution in [3.8, 4) is 22.8 Å². The van der Waals surface area contributed by atoms with Crippen molar-refractivity contribution < 1.29 is 27.5 Å². The summed E-state index contributed by atoms with van der Waals surface area (Å²) in [6, 6.07) is 13.7. The maximum Gasteiger partial charge on any atom is 0.543 e. The predicted molar refractivity (Wildman–Crippen MR) is 125 cm³/mol. The number of ether oxygens (including phenoxy) is 1. The molecule has 0 radical (unpaired) electrons. The van der Waals surface area contributed by atoms with E-state index in [2.05, 4.69) is 0 Å². The van der Waals surface area contributed by atoms with E-state index in [1.54, 1.807) is 6.07 Å². The first-order chi connectivity index (χ1) is 15.5. The molecule has 7 nitrogen and oxygen atoms in total. The van der Waals surface area contributed by atoms with Crippen molar-refractivity contribution in [1.29, 1.82) is 0 Å². The van der Waals surface area contributed by atoms with Crippen molar-refractivity contribution in [3.63, 3.8) is 0 Å². The molecule has 0 spiro atoms. The third-order valence-electron chi connectivity index (χ3n) is 4.92. The van der Waals surface area contributed by atoms with Gasteiger partial charge in [-0.3, -0.25) is 4.79 Å². The van der Waals surface area contributed by atoms with Crippen LogP contribution in [0, 0.1) is 0 Å². The highest BCUT2D eigenvalue weighted by Gasteiger charge is 2.50. The Balaban J connectivity index is 2.04. The number of fused-ring (bicyclic) bond motifs is 1. The SMILES string of the molecule is CCO[Si](OCC)(OCC)C(CC)Oc1cc(O)c2c(=O)cc(-c3ccccc3)oc2c1. The lowest BCUT2D eigenvalue weighted by molar-refractivity contribution is 0.0283. The van der Waals surface area contributed by atoms with Crippen LogP contribution in [0.15, 0.2) is 57.7 Å². The summed E-state index contributed by atoms with van der Waals surface area (Å²) < 4.78 is 30.1. The Bertz CT molecular complexity index is 1060. The van der Waals surface area contributed by atoms with E-state index in [1.807, 2.05) is 58.0 Å². The average Bonchev–Trinajstić information content (AvgIpc) is 2.78. The van der Waals surface area contributed by atoms with Gasteiger partial charge in [0, 0.05) is 43.6 Å². The summed E-state index contributed by atoms with van der Waals surface area (Å²) in [4.78, 5) is 12.7. The molecule has 8 heteroatoms. The fourth-order valence-corrected chi connectivity index (χ4v) is 6.43.